The number of pyridine rings is 1. The molecule has 5 rings (SSSR count). The molecule has 0 saturated heterocycles. The topological polar surface area (TPSA) is 30.7 Å². The molecule has 5 heteroatoms. The third-order valence-corrected chi connectivity index (χ3v) is 7.13. The first-order chi connectivity index (χ1) is 15.3. The zero-order chi connectivity index (χ0) is 21.3. The Morgan fingerprint density at radius 3 is 1.41 bits per heavy atom. The van der Waals surface area contributed by atoms with Crippen molar-refractivity contribution in [1.82, 2.24) is 14.8 Å². The van der Waals surface area contributed by atoms with E-state index in [1.165, 1.54) is 15.9 Å². The first kappa shape index (κ1) is 23.7. The maximum atomic E-state index is 4.24. The van der Waals surface area contributed by atoms with Crippen LogP contribution in [0.3, 0.4) is 0 Å². The van der Waals surface area contributed by atoms with Crippen molar-refractivity contribution >= 4 is 23.8 Å². The Hall–Kier alpha value is -2.91. The van der Waals surface area contributed by atoms with Crippen LogP contribution < -0.4 is 15.9 Å². The van der Waals surface area contributed by atoms with Crippen LogP contribution in [-0.2, 0) is 26.8 Å². The molecule has 5 aromatic rings. The molecule has 0 unspecified atom stereocenters. The van der Waals surface area contributed by atoms with Gasteiger partial charge in [0.05, 0.1) is 5.69 Å². The van der Waals surface area contributed by atoms with E-state index < -0.39 is 7.92 Å². The standard InChI is InChI=1S/C18H15P.C9H9N3.Os/c1-4-10-16(11-5-1)19(17-12-6-2-7-13-17)18-14-8-3-9-15-18;1-12-7-5-9(11-12)8-4-2-3-6-10-8;/h1-15H;2-7H,1H3;. The number of rotatable bonds is 4. The van der Waals surface area contributed by atoms with Gasteiger partial charge in [0.25, 0.3) is 0 Å². The maximum absolute atomic E-state index is 4.24. The van der Waals surface area contributed by atoms with Crippen molar-refractivity contribution in [2.45, 2.75) is 0 Å². The summed E-state index contributed by atoms with van der Waals surface area (Å²) in [6, 6.07) is 40.1. The minimum absolute atomic E-state index is 0. The first-order valence-corrected chi connectivity index (χ1v) is 11.5. The Labute approximate surface area is 204 Å². The number of aryl methyl sites for hydroxylation is 1. The molecule has 0 aliphatic heterocycles. The zero-order valence-electron chi connectivity index (χ0n) is 17.8. The molecule has 0 saturated carbocycles. The summed E-state index contributed by atoms with van der Waals surface area (Å²) in [5.74, 6) is 0. The van der Waals surface area contributed by atoms with Gasteiger partial charge in [-0.25, -0.2) is 0 Å². The van der Waals surface area contributed by atoms with Gasteiger partial charge in [0.1, 0.15) is 5.69 Å². The van der Waals surface area contributed by atoms with Gasteiger partial charge in [-0.3, -0.25) is 9.67 Å². The van der Waals surface area contributed by atoms with Gasteiger partial charge in [0.2, 0.25) is 0 Å². The van der Waals surface area contributed by atoms with E-state index in [2.05, 4.69) is 101 Å². The number of benzene rings is 3. The van der Waals surface area contributed by atoms with E-state index in [-0.39, 0.29) is 19.8 Å². The van der Waals surface area contributed by atoms with Crippen LogP contribution in [0.15, 0.2) is 128 Å². The van der Waals surface area contributed by atoms with Crippen LogP contribution in [0.25, 0.3) is 11.4 Å². The Morgan fingerprint density at radius 1 is 0.562 bits per heavy atom. The fraction of sp³-hybridized carbons (Fsp3) is 0.0370. The van der Waals surface area contributed by atoms with Crippen LogP contribution in [0.5, 0.6) is 0 Å². The predicted octanol–water partition coefficient (Wildman–Crippen LogP) is 4.92. The molecule has 3 nitrogen and oxygen atoms in total. The van der Waals surface area contributed by atoms with E-state index in [1.807, 2.05) is 37.5 Å². The first-order valence-electron chi connectivity index (χ1n) is 10.2. The molecule has 160 valence electrons. The van der Waals surface area contributed by atoms with E-state index in [4.69, 9.17) is 0 Å². The summed E-state index contributed by atoms with van der Waals surface area (Å²) in [6.07, 6.45) is 3.67. The van der Waals surface area contributed by atoms with Crippen LogP contribution in [0.2, 0.25) is 0 Å². The molecule has 32 heavy (non-hydrogen) atoms. The number of hydrogen-bond donors (Lipinski definition) is 0. The molecular weight excluding hydrogens is 588 g/mol. The molecule has 2 aromatic heterocycles. The maximum Gasteiger partial charge on any atom is 0.111 e. The summed E-state index contributed by atoms with van der Waals surface area (Å²) in [5.41, 5.74) is 1.83. The van der Waals surface area contributed by atoms with E-state index in [0.717, 1.165) is 11.4 Å². The van der Waals surface area contributed by atoms with Gasteiger partial charge in [0, 0.05) is 39.2 Å². The fourth-order valence-electron chi connectivity index (χ4n) is 3.24. The van der Waals surface area contributed by atoms with Crippen molar-refractivity contribution in [3.05, 3.63) is 128 Å². The SMILES string of the molecule is Cn1ccc(-c2ccccn2)n1.[Os].c1ccc(P(c2ccccc2)c2ccccc2)cc1. The fourth-order valence-corrected chi connectivity index (χ4v) is 5.55. The van der Waals surface area contributed by atoms with Crippen molar-refractivity contribution in [3.63, 3.8) is 0 Å². The van der Waals surface area contributed by atoms with Crippen LogP contribution in [0.1, 0.15) is 0 Å². The molecule has 0 N–H and O–H groups in total. The number of hydrogen-bond acceptors (Lipinski definition) is 2. The summed E-state index contributed by atoms with van der Waals surface area (Å²) >= 11 is 0. The molecule has 0 aliphatic rings. The van der Waals surface area contributed by atoms with Gasteiger partial charge in [-0.2, -0.15) is 5.10 Å². The smallest absolute Gasteiger partial charge is 0.111 e. The number of nitrogens with zero attached hydrogens (tertiary/aromatic N) is 3. The molecule has 0 atom stereocenters. The quantitative estimate of drug-likeness (QED) is 0.270. The minimum Gasteiger partial charge on any atom is -0.275 e. The van der Waals surface area contributed by atoms with Gasteiger partial charge >= 0.3 is 0 Å². The van der Waals surface area contributed by atoms with Gasteiger partial charge < -0.3 is 0 Å². The summed E-state index contributed by atoms with van der Waals surface area (Å²) in [4.78, 5) is 4.19. The molecule has 0 aliphatic carbocycles. The zero-order valence-corrected chi connectivity index (χ0v) is 21.2. The molecule has 0 fully saturated rings. The second kappa shape index (κ2) is 12.2. The van der Waals surface area contributed by atoms with Gasteiger partial charge in [0.15, 0.2) is 0 Å². The van der Waals surface area contributed by atoms with Gasteiger partial charge in [-0.05, 0) is 42.0 Å². The third kappa shape index (κ3) is 6.30. The average Bonchev–Trinajstić information content (AvgIpc) is 3.29. The van der Waals surface area contributed by atoms with E-state index >= 15 is 0 Å². The number of aromatic nitrogens is 3. The monoisotopic (exact) mass is 613 g/mol. The van der Waals surface area contributed by atoms with E-state index in [9.17, 15) is 0 Å². The molecular formula is C27H24N3OsP. The van der Waals surface area contributed by atoms with Gasteiger partial charge in [-0.15, -0.1) is 0 Å². The molecule has 3 aromatic carbocycles. The van der Waals surface area contributed by atoms with Crippen LogP contribution in [0.4, 0.5) is 0 Å². The summed E-state index contributed by atoms with van der Waals surface area (Å²) < 4.78 is 1.77. The van der Waals surface area contributed by atoms with E-state index in [0.29, 0.717) is 0 Å². The summed E-state index contributed by atoms with van der Waals surface area (Å²) in [6.45, 7) is 0. The van der Waals surface area contributed by atoms with Crippen LogP contribution >= 0.6 is 7.92 Å². The Balaban J connectivity index is 0.000000193. The Bertz CT molecular complexity index is 1090. The van der Waals surface area contributed by atoms with Gasteiger partial charge in [-0.1, -0.05) is 97.1 Å². The van der Waals surface area contributed by atoms with E-state index in [1.54, 1.807) is 10.9 Å². The summed E-state index contributed by atoms with van der Waals surface area (Å²) in [7, 11) is 1.45. The summed E-state index contributed by atoms with van der Waals surface area (Å²) in [5, 5.41) is 8.43. The van der Waals surface area contributed by atoms with Crippen LogP contribution in [-0.4, -0.2) is 14.8 Å². The molecule has 2 heterocycles. The van der Waals surface area contributed by atoms with Crippen LogP contribution in [0, 0.1) is 0 Å². The molecule has 0 bridgehead atoms. The predicted molar refractivity (Wildman–Crippen MR) is 132 cm³/mol. The third-order valence-electron chi connectivity index (χ3n) is 4.68. The van der Waals surface area contributed by atoms with Crippen molar-refractivity contribution in [2.75, 3.05) is 0 Å². The second-order valence-corrected chi connectivity index (χ2v) is 9.15. The van der Waals surface area contributed by atoms with Crippen molar-refractivity contribution in [1.29, 1.82) is 0 Å². The Kier molecular flexibility index (Phi) is 9.06. The largest absolute Gasteiger partial charge is 0.275 e. The van der Waals surface area contributed by atoms with Crippen molar-refractivity contribution < 1.29 is 19.8 Å². The van der Waals surface area contributed by atoms with Crippen molar-refractivity contribution in [2.24, 2.45) is 7.05 Å². The second-order valence-electron chi connectivity index (χ2n) is 6.93. The minimum atomic E-state index is -0.446. The molecule has 0 radical (unpaired) electrons. The Morgan fingerprint density at radius 2 is 1.03 bits per heavy atom. The molecule has 0 amide bonds. The van der Waals surface area contributed by atoms with Crippen molar-refractivity contribution in [3.8, 4) is 11.4 Å². The average molecular weight is 612 g/mol. The normalized spacial score (nSPS) is 10.1. The molecule has 0 spiro atoms.